The van der Waals surface area contributed by atoms with Crippen LogP contribution < -0.4 is 4.90 Å². The van der Waals surface area contributed by atoms with Crippen molar-refractivity contribution in [1.29, 1.82) is 0 Å². The van der Waals surface area contributed by atoms with Gasteiger partial charge in [-0.25, -0.2) is 9.59 Å². The summed E-state index contributed by atoms with van der Waals surface area (Å²) in [5, 5.41) is 0. The van der Waals surface area contributed by atoms with Crippen LogP contribution >= 0.6 is 0 Å². The molecule has 0 saturated carbocycles. The average molecular weight is 340 g/mol. The first-order chi connectivity index (χ1) is 12.0. The number of fused-ring (bicyclic) bond motifs is 1. The number of ether oxygens (including phenoxy) is 2. The highest BCUT2D eigenvalue weighted by molar-refractivity contribution is 6.05. The fraction of sp³-hybridized carbons (Fsp3) is 0.263. The number of benzene rings is 1. The van der Waals surface area contributed by atoms with Crippen molar-refractivity contribution in [2.24, 2.45) is 0 Å². The van der Waals surface area contributed by atoms with E-state index in [-0.39, 0.29) is 11.3 Å². The van der Waals surface area contributed by atoms with Gasteiger partial charge in [0.05, 0.1) is 19.8 Å². The summed E-state index contributed by atoms with van der Waals surface area (Å²) in [6.07, 6.45) is 6.74. The maximum atomic E-state index is 12.4. The number of hydrogen-bond donors (Lipinski definition) is 0. The van der Waals surface area contributed by atoms with Crippen LogP contribution in [0.1, 0.15) is 11.1 Å². The Morgan fingerprint density at radius 2 is 1.72 bits per heavy atom. The molecule has 3 rings (SSSR count). The third kappa shape index (κ3) is 3.21. The standard InChI is InChI=1S/C19H20N2O4/c1-20-11-13-7-8-15(10-14(13)12-20)21-9-5-4-6-16(18(22)24-2)17(21)19(23)25-3/h4-10H,11-12H2,1-3H3. The maximum absolute atomic E-state index is 12.4. The first-order valence-electron chi connectivity index (χ1n) is 7.90. The molecule has 0 N–H and O–H groups in total. The van der Waals surface area contributed by atoms with E-state index in [1.165, 1.54) is 25.3 Å². The zero-order chi connectivity index (χ0) is 18.0. The quantitative estimate of drug-likeness (QED) is 0.786. The second-order valence-electron chi connectivity index (χ2n) is 5.94. The molecule has 0 aliphatic carbocycles. The Balaban J connectivity index is 2.11. The molecule has 0 bridgehead atoms. The predicted octanol–water partition coefficient (Wildman–Crippen LogP) is 2.12. The number of nitrogens with zero attached hydrogens (tertiary/aromatic N) is 2. The minimum Gasteiger partial charge on any atom is -0.465 e. The van der Waals surface area contributed by atoms with Gasteiger partial charge in [0.1, 0.15) is 5.70 Å². The summed E-state index contributed by atoms with van der Waals surface area (Å²) < 4.78 is 9.73. The summed E-state index contributed by atoms with van der Waals surface area (Å²) >= 11 is 0. The summed E-state index contributed by atoms with van der Waals surface area (Å²) in [5.41, 5.74) is 3.54. The number of carbonyl (C=O) groups excluding carboxylic acids is 2. The second-order valence-corrected chi connectivity index (χ2v) is 5.94. The minimum atomic E-state index is -0.603. The lowest BCUT2D eigenvalue weighted by molar-refractivity contribution is -0.139. The maximum Gasteiger partial charge on any atom is 0.355 e. The lowest BCUT2D eigenvalue weighted by atomic mass is 10.1. The molecule has 0 radical (unpaired) electrons. The van der Waals surface area contributed by atoms with Crippen molar-refractivity contribution in [2.45, 2.75) is 13.1 Å². The van der Waals surface area contributed by atoms with Gasteiger partial charge in [0.25, 0.3) is 0 Å². The summed E-state index contributed by atoms with van der Waals surface area (Å²) in [6, 6.07) is 6.02. The number of rotatable bonds is 3. The monoisotopic (exact) mass is 340 g/mol. The van der Waals surface area contributed by atoms with Crippen LogP contribution in [-0.4, -0.2) is 38.1 Å². The van der Waals surface area contributed by atoms with Crippen LogP contribution in [0.15, 0.2) is 53.9 Å². The fourth-order valence-corrected chi connectivity index (χ4v) is 3.07. The van der Waals surface area contributed by atoms with E-state index in [0.29, 0.717) is 0 Å². The van der Waals surface area contributed by atoms with Crippen molar-refractivity contribution < 1.29 is 19.1 Å². The Bertz CT molecular complexity index is 808. The van der Waals surface area contributed by atoms with Crippen molar-refractivity contribution in [2.75, 3.05) is 26.2 Å². The van der Waals surface area contributed by atoms with Gasteiger partial charge in [0.2, 0.25) is 0 Å². The van der Waals surface area contributed by atoms with Crippen LogP contribution in [0.2, 0.25) is 0 Å². The molecule has 0 aromatic heterocycles. The number of hydrogen-bond acceptors (Lipinski definition) is 6. The summed E-state index contributed by atoms with van der Waals surface area (Å²) in [6.45, 7) is 1.75. The molecule has 0 atom stereocenters. The zero-order valence-corrected chi connectivity index (χ0v) is 14.5. The van der Waals surface area contributed by atoms with Gasteiger partial charge in [0, 0.05) is 25.0 Å². The molecule has 2 heterocycles. The summed E-state index contributed by atoms with van der Waals surface area (Å²) in [5.74, 6) is -1.19. The molecule has 0 amide bonds. The smallest absolute Gasteiger partial charge is 0.355 e. The predicted molar refractivity (Wildman–Crippen MR) is 93.4 cm³/mol. The third-order valence-electron chi connectivity index (χ3n) is 4.24. The Morgan fingerprint density at radius 1 is 1.00 bits per heavy atom. The average Bonchev–Trinajstić information content (AvgIpc) is 2.85. The van der Waals surface area contributed by atoms with Gasteiger partial charge < -0.3 is 14.4 Å². The van der Waals surface area contributed by atoms with Crippen molar-refractivity contribution >= 4 is 17.6 Å². The molecule has 1 aromatic rings. The highest BCUT2D eigenvalue weighted by atomic mass is 16.5. The third-order valence-corrected chi connectivity index (χ3v) is 4.24. The molecule has 6 heteroatoms. The SMILES string of the molecule is COC(=O)C1=C(C(=O)OC)N(c2ccc3c(c2)CN(C)C3)C=CC=C1. The van der Waals surface area contributed by atoms with Crippen LogP contribution in [0.5, 0.6) is 0 Å². The normalized spacial score (nSPS) is 16.7. The number of allylic oxidation sites excluding steroid dienone is 2. The Hall–Kier alpha value is -2.86. The van der Waals surface area contributed by atoms with E-state index in [1.807, 2.05) is 18.2 Å². The molecule has 25 heavy (non-hydrogen) atoms. The molecule has 2 aliphatic heterocycles. The van der Waals surface area contributed by atoms with Crippen LogP contribution in [0.4, 0.5) is 5.69 Å². The fourth-order valence-electron chi connectivity index (χ4n) is 3.07. The van der Waals surface area contributed by atoms with E-state index in [0.717, 1.165) is 18.8 Å². The topological polar surface area (TPSA) is 59.1 Å². The number of carbonyl (C=O) groups is 2. The van der Waals surface area contributed by atoms with Crippen molar-refractivity contribution in [3.63, 3.8) is 0 Å². The van der Waals surface area contributed by atoms with Gasteiger partial charge in [-0.2, -0.15) is 0 Å². The highest BCUT2D eigenvalue weighted by Crippen LogP contribution is 2.31. The van der Waals surface area contributed by atoms with E-state index in [1.54, 1.807) is 29.3 Å². The number of anilines is 1. The van der Waals surface area contributed by atoms with Crippen LogP contribution in [0.3, 0.4) is 0 Å². The van der Waals surface area contributed by atoms with Crippen LogP contribution in [-0.2, 0) is 32.2 Å². The van der Waals surface area contributed by atoms with Gasteiger partial charge in [-0.05, 0) is 42.5 Å². The molecule has 0 saturated heterocycles. The van der Waals surface area contributed by atoms with Gasteiger partial charge in [0.15, 0.2) is 0 Å². The van der Waals surface area contributed by atoms with Crippen molar-refractivity contribution in [3.8, 4) is 0 Å². The summed E-state index contributed by atoms with van der Waals surface area (Å²) in [7, 11) is 4.63. The van der Waals surface area contributed by atoms with Crippen molar-refractivity contribution in [3.05, 3.63) is 65.0 Å². The van der Waals surface area contributed by atoms with E-state index >= 15 is 0 Å². The molecule has 0 unspecified atom stereocenters. The minimum absolute atomic E-state index is 0.130. The molecular formula is C19H20N2O4. The molecule has 0 fully saturated rings. The van der Waals surface area contributed by atoms with Crippen LogP contribution in [0, 0.1) is 0 Å². The van der Waals surface area contributed by atoms with Gasteiger partial charge >= 0.3 is 11.9 Å². The molecule has 1 aromatic carbocycles. The number of methoxy groups -OCH3 is 2. The van der Waals surface area contributed by atoms with Gasteiger partial charge in [-0.3, -0.25) is 4.90 Å². The molecule has 0 spiro atoms. The second kappa shape index (κ2) is 6.94. The number of esters is 2. The molecule has 130 valence electrons. The van der Waals surface area contributed by atoms with E-state index in [4.69, 9.17) is 9.47 Å². The lowest BCUT2D eigenvalue weighted by Gasteiger charge is -2.23. The Morgan fingerprint density at radius 3 is 2.44 bits per heavy atom. The zero-order valence-electron chi connectivity index (χ0n) is 14.5. The summed E-state index contributed by atoms with van der Waals surface area (Å²) in [4.78, 5) is 28.4. The molecule has 6 nitrogen and oxygen atoms in total. The highest BCUT2D eigenvalue weighted by Gasteiger charge is 2.28. The lowest BCUT2D eigenvalue weighted by Crippen LogP contribution is -2.27. The molecule has 2 aliphatic rings. The first-order valence-corrected chi connectivity index (χ1v) is 7.90. The van der Waals surface area contributed by atoms with Gasteiger partial charge in [-0.1, -0.05) is 12.1 Å². The first kappa shape index (κ1) is 17.0. The van der Waals surface area contributed by atoms with Crippen molar-refractivity contribution in [1.82, 2.24) is 4.90 Å². The largest absolute Gasteiger partial charge is 0.465 e. The Kier molecular flexibility index (Phi) is 4.72. The molecular weight excluding hydrogens is 320 g/mol. The Labute approximate surface area is 146 Å². The van der Waals surface area contributed by atoms with E-state index < -0.39 is 11.9 Å². The van der Waals surface area contributed by atoms with Crippen LogP contribution in [0.25, 0.3) is 0 Å². The van der Waals surface area contributed by atoms with Gasteiger partial charge in [-0.15, -0.1) is 0 Å². The van der Waals surface area contributed by atoms with E-state index in [2.05, 4.69) is 11.9 Å². The van der Waals surface area contributed by atoms with E-state index in [9.17, 15) is 9.59 Å².